The van der Waals surface area contributed by atoms with Gasteiger partial charge in [-0.1, -0.05) is 30.3 Å². The van der Waals surface area contributed by atoms with Crippen LogP contribution in [0.1, 0.15) is 19.3 Å². The maximum absolute atomic E-state index is 12.4. The topological polar surface area (TPSA) is 49.4 Å². The lowest BCUT2D eigenvalue weighted by Gasteiger charge is -2.19. The molecule has 1 aliphatic rings. The lowest BCUT2D eigenvalue weighted by Crippen LogP contribution is -2.31. The monoisotopic (exact) mass is 318 g/mol. The van der Waals surface area contributed by atoms with Crippen LogP contribution in [0.25, 0.3) is 10.8 Å². The standard InChI is InChI=1S/C17H22N2O2S/c1-19-12-4-7-16(19)10-11-18-22(20,21)17-9-8-14-5-2-3-6-15(14)13-17/h2-3,5-6,8-9,13,16,18H,4,7,10-12H2,1H3. The van der Waals surface area contributed by atoms with Crippen LogP contribution in [0.15, 0.2) is 47.4 Å². The summed E-state index contributed by atoms with van der Waals surface area (Å²) in [6, 6.07) is 13.5. The molecule has 1 aliphatic heterocycles. The molecule has 22 heavy (non-hydrogen) atoms. The van der Waals surface area contributed by atoms with E-state index in [1.165, 1.54) is 6.42 Å². The first-order valence-corrected chi connectivity index (χ1v) is 9.23. The highest BCUT2D eigenvalue weighted by Gasteiger charge is 2.21. The summed E-state index contributed by atoms with van der Waals surface area (Å²) in [7, 11) is -1.32. The van der Waals surface area contributed by atoms with Gasteiger partial charge in [0.1, 0.15) is 0 Å². The number of nitrogens with one attached hydrogen (secondary N) is 1. The van der Waals surface area contributed by atoms with Crippen LogP contribution >= 0.6 is 0 Å². The summed E-state index contributed by atoms with van der Waals surface area (Å²) < 4.78 is 27.5. The van der Waals surface area contributed by atoms with Gasteiger partial charge in [-0.05, 0) is 55.8 Å². The van der Waals surface area contributed by atoms with Gasteiger partial charge in [-0.25, -0.2) is 13.1 Å². The van der Waals surface area contributed by atoms with Crippen molar-refractivity contribution in [3.05, 3.63) is 42.5 Å². The van der Waals surface area contributed by atoms with E-state index in [-0.39, 0.29) is 0 Å². The van der Waals surface area contributed by atoms with Crippen LogP contribution in [0.2, 0.25) is 0 Å². The van der Waals surface area contributed by atoms with Gasteiger partial charge in [-0.2, -0.15) is 0 Å². The minimum absolute atomic E-state index is 0.339. The van der Waals surface area contributed by atoms with Gasteiger partial charge in [0.25, 0.3) is 0 Å². The van der Waals surface area contributed by atoms with E-state index in [2.05, 4.69) is 16.7 Å². The quantitative estimate of drug-likeness (QED) is 0.922. The molecule has 1 N–H and O–H groups in total. The molecule has 1 fully saturated rings. The van der Waals surface area contributed by atoms with Crippen LogP contribution in [0.3, 0.4) is 0 Å². The van der Waals surface area contributed by atoms with E-state index in [0.717, 1.165) is 30.2 Å². The van der Waals surface area contributed by atoms with E-state index in [4.69, 9.17) is 0 Å². The highest BCUT2D eigenvalue weighted by Crippen LogP contribution is 2.20. The molecule has 0 amide bonds. The molecule has 5 heteroatoms. The van der Waals surface area contributed by atoms with Crippen molar-refractivity contribution in [1.82, 2.24) is 9.62 Å². The molecular weight excluding hydrogens is 296 g/mol. The SMILES string of the molecule is CN1CCCC1CCNS(=O)(=O)c1ccc2ccccc2c1. The third-order valence-electron chi connectivity index (χ3n) is 4.47. The predicted molar refractivity (Wildman–Crippen MR) is 89.4 cm³/mol. The van der Waals surface area contributed by atoms with Crippen LogP contribution in [0.4, 0.5) is 0 Å². The summed E-state index contributed by atoms with van der Waals surface area (Å²) in [5, 5.41) is 2.00. The van der Waals surface area contributed by atoms with Crippen LogP contribution in [-0.4, -0.2) is 39.5 Å². The zero-order valence-electron chi connectivity index (χ0n) is 12.8. The second kappa shape index (κ2) is 6.36. The summed E-state index contributed by atoms with van der Waals surface area (Å²) in [6.45, 7) is 1.60. The van der Waals surface area contributed by atoms with E-state index in [0.29, 0.717) is 17.5 Å². The van der Waals surface area contributed by atoms with Crippen LogP contribution in [-0.2, 0) is 10.0 Å². The largest absolute Gasteiger partial charge is 0.303 e. The van der Waals surface area contributed by atoms with Crippen molar-refractivity contribution < 1.29 is 8.42 Å². The Morgan fingerprint density at radius 1 is 1.18 bits per heavy atom. The first-order chi connectivity index (χ1) is 10.6. The Labute approximate surface area is 132 Å². The summed E-state index contributed by atoms with van der Waals surface area (Å²) in [5.41, 5.74) is 0. The van der Waals surface area contributed by atoms with E-state index >= 15 is 0 Å². The molecule has 0 aromatic heterocycles. The number of hydrogen-bond acceptors (Lipinski definition) is 3. The van der Waals surface area contributed by atoms with Gasteiger partial charge >= 0.3 is 0 Å². The smallest absolute Gasteiger partial charge is 0.240 e. The molecule has 118 valence electrons. The van der Waals surface area contributed by atoms with Crippen molar-refractivity contribution in [2.24, 2.45) is 0 Å². The normalized spacial score (nSPS) is 19.8. The fourth-order valence-corrected chi connectivity index (χ4v) is 4.20. The Morgan fingerprint density at radius 3 is 2.68 bits per heavy atom. The third kappa shape index (κ3) is 3.32. The number of fused-ring (bicyclic) bond motifs is 1. The zero-order chi connectivity index (χ0) is 15.6. The Kier molecular flexibility index (Phi) is 4.47. The number of likely N-dealkylation sites (tertiary alicyclic amines) is 1. The fraction of sp³-hybridized carbons (Fsp3) is 0.412. The van der Waals surface area contributed by atoms with Gasteiger partial charge < -0.3 is 4.90 Å². The molecule has 0 saturated carbocycles. The lowest BCUT2D eigenvalue weighted by molar-refractivity contribution is 0.297. The van der Waals surface area contributed by atoms with Crippen LogP contribution < -0.4 is 4.72 Å². The maximum atomic E-state index is 12.4. The van der Waals surface area contributed by atoms with Gasteiger partial charge in [0.2, 0.25) is 10.0 Å². The van der Waals surface area contributed by atoms with Gasteiger partial charge in [0.05, 0.1) is 4.90 Å². The van der Waals surface area contributed by atoms with E-state index < -0.39 is 10.0 Å². The van der Waals surface area contributed by atoms with Crippen molar-refractivity contribution in [3.63, 3.8) is 0 Å². The summed E-state index contributed by atoms with van der Waals surface area (Å²) in [5.74, 6) is 0. The van der Waals surface area contributed by atoms with Crippen LogP contribution in [0, 0.1) is 0 Å². The van der Waals surface area contributed by atoms with Gasteiger partial charge in [0, 0.05) is 12.6 Å². The summed E-state index contributed by atoms with van der Waals surface area (Å²) >= 11 is 0. The molecule has 0 spiro atoms. The molecule has 1 saturated heterocycles. The second-order valence-corrected chi connectivity index (χ2v) is 7.74. The molecule has 1 unspecified atom stereocenters. The average Bonchev–Trinajstić information content (AvgIpc) is 2.92. The Hall–Kier alpha value is -1.43. The Balaban J connectivity index is 1.68. The molecule has 1 atom stereocenters. The van der Waals surface area contributed by atoms with Crippen molar-refractivity contribution in [1.29, 1.82) is 0 Å². The van der Waals surface area contributed by atoms with Gasteiger partial charge in [0.15, 0.2) is 0 Å². The number of hydrogen-bond donors (Lipinski definition) is 1. The molecule has 0 radical (unpaired) electrons. The Morgan fingerprint density at radius 2 is 1.95 bits per heavy atom. The molecular formula is C17H22N2O2S. The Bertz CT molecular complexity index is 758. The van der Waals surface area contributed by atoms with Crippen molar-refractivity contribution in [2.75, 3.05) is 20.1 Å². The highest BCUT2D eigenvalue weighted by atomic mass is 32.2. The third-order valence-corrected chi connectivity index (χ3v) is 5.93. The van der Waals surface area contributed by atoms with Crippen molar-refractivity contribution in [3.8, 4) is 0 Å². The van der Waals surface area contributed by atoms with Crippen molar-refractivity contribution >= 4 is 20.8 Å². The minimum atomic E-state index is -3.43. The van der Waals surface area contributed by atoms with E-state index in [1.54, 1.807) is 12.1 Å². The summed E-state index contributed by atoms with van der Waals surface area (Å²) in [4.78, 5) is 2.65. The molecule has 0 aliphatic carbocycles. The minimum Gasteiger partial charge on any atom is -0.303 e. The van der Waals surface area contributed by atoms with Crippen LogP contribution in [0.5, 0.6) is 0 Å². The van der Waals surface area contributed by atoms with Gasteiger partial charge in [-0.3, -0.25) is 0 Å². The molecule has 3 rings (SSSR count). The second-order valence-electron chi connectivity index (χ2n) is 5.97. The number of benzene rings is 2. The number of nitrogens with zero attached hydrogens (tertiary/aromatic N) is 1. The first-order valence-electron chi connectivity index (χ1n) is 7.75. The molecule has 2 aromatic rings. The molecule has 2 aromatic carbocycles. The molecule has 4 nitrogen and oxygen atoms in total. The highest BCUT2D eigenvalue weighted by molar-refractivity contribution is 7.89. The number of rotatable bonds is 5. The average molecular weight is 318 g/mol. The first kappa shape index (κ1) is 15.5. The zero-order valence-corrected chi connectivity index (χ0v) is 13.6. The maximum Gasteiger partial charge on any atom is 0.240 e. The van der Waals surface area contributed by atoms with Crippen molar-refractivity contribution in [2.45, 2.75) is 30.2 Å². The molecule has 0 bridgehead atoms. The van der Waals surface area contributed by atoms with Gasteiger partial charge in [-0.15, -0.1) is 0 Å². The lowest BCUT2D eigenvalue weighted by atomic mass is 10.1. The van der Waals surface area contributed by atoms with E-state index in [9.17, 15) is 8.42 Å². The fourth-order valence-electron chi connectivity index (χ4n) is 3.12. The number of sulfonamides is 1. The molecule has 1 heterocycles. The summed E-state index contributed by atoms with van der Waals surface area (Å²) in [6.07, 6.45) is 3.23. The predicted octanol–water partition coefficient (Wildman–Crippen LogP) is 2.60. The van der Waals surface area contributed by atoms with E-state index in [1.807, 2.05) is 30.3 Å².